The Kier molecular flexibility index (Phi) is 6.10. The predicted molar refractivity (Wildman–Crippen MR) is 123 cm³/mol. The van der Waals surface area contributed by atoms with Gasteiger partial charge in [0.1, 0.15) is 0 Å². The van der Waals surface area contributed by atoms with E-state index in [4.69, 9.17) is 9.47 Å². The van der Waals surface area contributed by atoms with E-state index in [1.165, 1.54) is 5.56 Å². The second-order valence-corrected chi connectivity index (χ2v) is 11.2. The summed E-state index contributed by atoms with van der Waals surface area (Å²) in [7, 11) is 0. The van der Waals surface area contributed by atoms with Crippen LogP contribution in [-0.2, 0) is 20.7 Å². The van der Waals surface area contributed by atoms with Crippen LogP contribution >= 0.6 is 0 Å². The quantitative estimate of drug-likeness (QED) is 0.762. The highest BCUT2D eigenvalue weighted by molar-refractivity contribution is 5.76. The number of carbonyl (C=O) groups excluding carboxylic acids is 1. The number of hydrogen-bond acceptors (Lipinski definition) is 4. The first kappa shape index (κ1) is 22.4. The molecular weight excluding hydrogens is 402 g/mol. The van der Waals surface area contributed by atoms with E-state index in [0.29, 0.717) is 18.9 Å². The Hall–Kier alpha value is -1.43. The van der Waals surface area contributed by atoms with Crippen molar-refractivity contribution in [3.63, 3.8) is 0 Å². The van der Waals surface area contributed by atoms with Crippen molar-refractivity contribution in [2.24, 2.45) is 22.7 Å². The zero-order chi connectivity index (χ0) is 22.3. The maximum absolute atomic E-state index is 13.0. The lowest BCUT2D eigenvalue weighted by atomic mass is 9.46. The van der Waals surface area contributed by atoms with Gasteiger partial charge in [0.2, 0.25) is 5.91 Å². The van der Waals surface area contributed by atoms with Crippen molar-refractivity contribution in [3.8, 4) is 0 Å². The monoisotopic (exact) mass is 441 g/mol. The Bertz CT molecular complexity index is 809. The van der Waals surface area contributed by atoms with Crippen molar-refractivity contribution >= 4 is 5.91 Å². The lowest BCUT2D eigenvalue weighted by molar-refractivity contribution is -0.308. The van der Waals surface area contributed by atoms with Crippen LogP contribution in [0.2, 0.25) is 0 Å². The average molecular weight is 442 g/mol. The number of ether oxygens (including phenoxy) is 2. The Balaban J connectivity index is 1.31. The number of fused-ring (bicyclic) bond motifs is 3. The van der Waals surface area contributed by atoms with Crippen LogP contribution in [0.4, 0.5) is 0 Å². The third-order valence-electron chi connectivity index (χ3n) is 9.33. The highest BCUT2D eigenvalue weighted by atomic mass is 16.7. The summed E-state index contributed by atoms with van der Waals surface area (Å²) in [6, 6.07) is 10.4. The van der Waals surface area contributed by atoms with Crippen molar-refractivity contribution in [2.75, 3.05) is 19.7 Å². The van der Waals surface area contributed by atoms with E-state index in [9.17, 15) is 9.90 Å². The average Bonchev–Trinajstić information content (AvgIpc) is 3.32. The maximum Gasteiger partial charge on any atom is 0.222 e. The molecule has 2 saturated carbocycles. The largest absolute Gasteiger partial charge is 0.393 e. The molecule has 5 heteroatoms. The normalized spacial score (nSPS) is 41.7. The standard InChI is InChI=1S/C27H39NO4/c1-26-13-12-23-27(2,18-31-25(32-23)16-19-8-4-3-5-9-19)22(26)11-10-21(29)20(26)17-24(30)28-14-6-7-15-28/h3-5,8-9,20-23,25,29H,6-7,10-18H2,1-2H3/t20-,21-,22?,23-,25-,26+,27+/m1/s1. The topological polar surface area (TPSA) is 59.0 Å². The minimum Gasteiger partial charge on any atom is -0.393 e. The van der Waals surface area contributed by atoms with Crippen LogP contribution in [0, 0.1) is 22.7 Å². The molecular formula is C27H39NO4. The zero-order valence-corrected chi connectivity index (χ0v) is 19.7. The van der Waals surface area contributed by atoms with Gasteiger partial charge in [-0.15, -0.1) is 0 Å². The fourth-order valence-corrected chi connectivity index (χ4v) is 7.48. The van der Waals surface area contributed by atoms with E-state index in [1.807, 2.05) is 11.0 Å². The molecule has 2 heterocycles. The molecule has 1 aromatic rings. The van der Waals surface area contributed by atoms with Crippen molar-refractivity contribution < 1.29 is 19.4 Å². The summed E-state index contributed by atoms with van der Waals surface area (Å²) < 4.78 is 12.9. The third kappa shape index (κ3) is 3.91. The summed E-state index contributed by atoms with van der Waals surface area (Å²) >= 11 is 0. The number of aliphatic hydroxyl groups is 1. The Morgan fingerprint density at radius 1 is 1.09 bits per heavy atom. The molecule has 176 valence electrons. The number of hydrogen-bond donors (Lipinski definition) is 1. The summed E-state index contributed by atoms with van der Waals surface area (Å²) in [5.41, 5.74) is 1.11. The van der Waals surface area contributed by atoms with E-state index in [1.54, 1.807) is 0 Å². The van der Waals surface area contributed by atoms with Crippen LogP contribution in [0.15, 0.2) is 30.3 Å². The Morgan fingerprint density at radius 3 is 2.59 bits per heavy atom. The van der Waals surface area contributed by atoms with Gasteiger partial charge in [-0.2, -0.15) is 0 Å². The molecule has 0 bridgehead atoms. The number of carbonyl (C=O) groups is 1. The minimum absolute atomic E-state index is 0.0224. The first-order valence-corrected chi connectivity index (χ1v) is 12.7. The minimum atomic E-state index is -0.390. The van der Waals surface area contributed by atoms with Crippen LogP contribution in [0.3, 0.4) is 0 Å². The summed E-state index contributed by atoms with van der Waals surface area (Å²) in [4.78, 5) is 15.0. The maximum atomic E-state index is 13.0. The van der Waals surface area contributed by atoms with Gasteiger partial charge in [-0.05, 0) is 61.3 Å². The Labute approximate surface area is 192 Å². The molecule has 1 aromatic carbocycles. The SMILES string of the molecule is C[C@@]12CO[C@@H](Cc3ccccc3)O[C@@H]1CC[C@]1(C)C2CC[C@@H](O)[C@H]1CC(=O)N1CCCC1. The molecule has 32 heavy (non-hydrogen) atoms. The predicted octanol–water partition coefficient (Wildman–Crippen LogP) is 4.18. The highest BCUT2D eigenvalue weighted by Crippen LogP contribution is 2.62. The van der Waals surface area contributed by atoms with Gasteiger partial charge in [0.15, 0.2) is 6.29 Å². The number of likely N-dealkylation sites (tertiary alicyclic amines) is 1. The molecule has 2 aliphatic heterocycles. The van der Waals surface area contributed by atoms with Crippen LogP contribution in [0.5, 0.6) is 0 Å². The van der Waals surface area contributed by atoms with Gasteiger partial charge in [-0.1, -0.05) is 44.2 Å². The van der Waals surface area contributed by atoms with Crippen LogP contribution in [0.1, 0.15) is 64.4 Å². The summed E-state index contributed by atoms with van der Waals surface area (Å²) in [5.74, 6) is 0.653. The summed E-state index contributed by atoms with van der Waals surface area (Å²) in [5, 5.41) is 11.0. The van der Waals surface area contributed by atoms with E-state index in [2.05, 4.69) is 38.1 Å². The Morgan fingerprint density at radius 2 is 1.84 bits per heavy atom. The lowest BCUT2D eigenvalue weighted by Crippen LogP contribution is -2.63. The van der Waals surface area contributed by atoms with Gasteiger partial charge < -0.3 is 19.5 Å². The highest BCUT2D eigenvalue weighted by Gasteiger charge is 2.61. The second-order valence-electron chi connectivity index (χ2n) is 11.2. The molecule has 4 fully saturated rings. The molecule has 7 atom stereocenters. The first-order valence-electron chi connectivity index (χ1n) is 12.7. The van der Waals surface area contributed by atoms with Gasteiger partial charge >= 0.3 is 0 Å². The van der Waals surface area contributed by atoms with Crippen LogP contribution in [0.25, 0.3) is 0 Å². The molecule has 0 spiro atoms. The van der Waals surface area contributed by atoms with Crippen LogP contribution < -0.4 is 0 Å². The number of rotatable bonds is 4. The second kappa shape index (κ2) is 8.73. The smallest absolute Gasteiger partial charge is 0.222 e. The molecule has 1 N–H and O–H groups in total. The zero-order valence-electron chi connectivity index (χ0n) is 19.7. The third-order valence-corrected chi connectivity index (χ3v) is 9.33. The summed E-state index contributed by atoms with van der Waals surface area (Å²) in [6.45, 7) is 7.12. The molecule has 1 amide bonds. The lowest BCUT2D eigenvalue weighted by Gasteiger charge is -2.63. The molecule has 5 nitrogen and oxygen atoms in total. The molecule has 5 rings (SSSR count). The van der Waals surface area contributed by atoms with E-state index >= 15 is 0 Å². The van der Waals surface area contributed by atoms with Gasteiger partial charge in [0.05, 0.1) is 18.8 Å². The summed E-state index contributed by atoms with van der Waals surface area (Å²) in [6.07, 6.45) is 6.80. The van der Waals surface area contributed by atoms with Crippen molar-refractivity contribution in [2.45, 2.75) is 83.7 Å². The molecule has 0 aromatic heterocycles. The number of amides is 1. The fourth-order valence-electron chi connectivity index (χ4n) is 7.48. The van der Waals surface area contributed by atoms with E-state index in [-0.39, 0.29) is 41.2 Å². The molecule has 2 aliphatic carbocycles. The van der Waals surface area contributed by atoms with E-state index < -0.39 is 0 Å². The molecule has 4 aliphatic rings. The van der Waals surface area contributed by atoms with E-state index in [0.717, 1.165) is 58.0 Å². The first-order chi connectivity index (χ1) is 15.4. The molecule has 1 unspecified atom stereocenters. The van der Waals surface area contributed by atoms with Gasteiger partial charge in [-0.3, -0.25) is 4.79 Å². The fraction of sp³-hybridized carbons (Fsp3) is 0.741. The van der Waals surface area contributed by atoms with Gasteiger partial charge in [-0.25, -0.2) is 0 Å². The van der Waals surface area contributed by atoms with Crippen LogP contribution in [-0.4, -0.2) is 54.1 Å². The van der Waals surface area contributed by atoms with Gasteiger partial charge in [0, 0.05) is 31.3 Å². The number of benzene rings is 1. The number of nitrogens with zero attached hydrogens (tertiary/aromatic N) is 1. The van der Waals surface area contributed by atoms with Gasteiger partial charge in [0.25, 0.3) is 0 Å². The van der Waals surface area contributed by atoms with Crippen molar-refractivity contribution in [1.82, 2.24) is 4.90 Å². The molecule has 2 saturated heterocycles. The number of aliphatic hydroxyl groups excluding tert-OH is 1. The van der Waals surface area contributed by atoms with Crippen molar-refractivity contribution in [1.29, 1.82) is 0 Å². The molecule has 0 radical (unpaired) electrons. The van der Waals surface area contributed by atoms with Crippen molar-refractivity contribution in [3.05, 3.63) is 35.9 Å².